The third kappa shape index (κ3) is 4.30. The Bertz CT molecular complexity index is 516. The minimum Gasteiger partial charge on any atom is -0.313 e. The fourth-order valence-electron chi connectivity index (χ4n) is 2.69. The molecule has 0 bridgehead atoms. The van der Waals surface area contributed by atoms with Crippen LogP contribution in [0.15, 0.2) is 30.3 Å². The topological polar surface area (TPSA) is 58.2 Å². The molecule has 2 rings (SSSR count). The van der Waals surface area contributed by atoms with Gasteiger partial charge in [-0.2, -0.15) is 0 Å². The summed E-state index contributed by atoms with van der Waals surface area (Å²) in [6.07, 6.45) is 1.93. The van der Waals surface area contributed by atoms with E-state index in [-0.39, 0.29) is 23.8 Å². The van der Waals surface area contributed by atoms with E-state index >= 15 is 0 Å². The highest BCUT2D eigenvalue weighted by atomic mass is 32.2. The summed E-state index contributed by atoms with van der Waals surface area (Å²) in [7, 11) is -3.25. The molecule has 1 aromatic carbocycles. The summed E-state index contributed by atoms with van der Waals surface area (Å²) in [5.41, 5.74) is 1.06. The normalized spacial score (nSPS) is 25.3. The Morgan fingerprint density at radius 2 is 2.05 bits per heavy atom. The van der Waals surface area contributed by atoms with Crippen molar-refractivity contribution >= 4 is 10.0 Å². The number of rotatable bonds is 5. The summed E-state index contributed by atoms with van der Waals surface area (Å²) < 4.78 is 27.4. The molecule has 3 unspecified atom stereocenters. The van der Waals surface area contributed by atoms with E-state index < -0.39 is 10.0 Å². The number of piperidine rings is 1. The molecule has 20 heavy (non-hydrogen) atoms. The molecule has 3 atom stereocenters. The molecule has 0 spiro atoms. The molecule has 4 nitrogen and oxygen atoms in total. The first-order chi connectivity index (χ1) is 9.48. The molecule has 1 saturated heterocycles. The lowest BCUT2D eigenvalue weighted by Gasteiger charge is -2.30. The molecule has 112 valence electrons. The maximum atomic E-state index is 12.3. The Morgan fingerprint density at radius 1 is 1.35 bits per heavy atom. The van der Waals surface area contributed by atoms with Gasteiger partial charge >= 0.3 is 0 Å². The van der Waals surface area contributed by atoms with Crippen molar-refractivity contribution in [1.29, 1.82) is 0 Å². The van der Waals surface area contributed by atoms with E-state index in [0.717, 1.165) is 24.9 Å². The smallest absolute Gasteiger partial charge is 0.212 e. The predicted molar refractivity (Wildman–Crippen MR) is 82.3 cm³/mol. The SMILES string of the molecule is CC(CS(=O)(=O)NC1CCCNC1C)c1ccccc1. The van der Waals surface area contributed by atoms with Gasteiger partial charge in [-0.15, -0.1) is 0 Å². The molecule has 1 heterocycles. The Morgan fingerprint density at radius 3 is 2.70 bits per heavy atom. The fourth-order valence-corrected chi connectivity index (χ4v) is 4.42. The van der Waals surface area contributed by atoms with Gasteiger partial charge in [-0.3, -0.25) is 0 Å². The summed E-state index contributed by atoms with van der Waals surface area (Å²) in [6, 6.07) is 9.99. The zero-order valence-corrected chi connectivity index (χ0v) is 13.0. The second kappa shape index (κ2) is 6.70. The Hall–Kier alpha value is -0.910. The molecular formula is C15H24N2O2S. The van der Waals surface area contributed by atoms with Gasteiger partial charge in [0.25, 0.3) is 0 Å². The number of benzene rings is 1. The average Bonchev–Trinajstić information content (AvgIpc) is 2.41. The summed E-state index contributed by atoms with van der Waals surface area (Å²) in [5.74, 6) is 0.140. The first-order valence-corrected chi connectivity index (χ1v) is 8.91. The van der Waals surface area contributed by atoms with Gasteiger partial charge in [-0.25, -0.2) is 13.1 Å². The highest BCUT2D eigenvalue weighted by Crippen LogP contribution is 2.17. The van der Waals surface area contributed by atoms with Gasteiger partial charge in [0, 0.05) is 12.1 Å². The van der Waals surface area contributed by atoms with E-state index in [2.05, 4.69) is 10.0 Å². The lowest BCUT2D eigenvalue weighted by Crippen LogP contribution is -2.52. The minimum atomic E-state index is -3.25. The maximum Gasteiger partial charge on any atom is 0.212 e. The Labute approximate surface area is 122 Å². The third-order valence-corrected chi connectivity index (χ3v) is 5.53. The number of hydrogen-bond acceptors (Lipinski definition) is 3. The average molecular weight is 296 g/mol. The van der Waals surface area contributed by atoms with Crippen LogP contribution in [0.5, 0.6) is 0 Å². The lowest BCUT2D eigenvalue weighted by molar-refractivity contribution is 0.348. The summed E-state index contributed by atoms with van der Waals surface area (Å²) >= 11 is 0. The molecule has 1 aromatic rings. The van der Waals surface area contributed by atoms with Crippen molar-refractivity contribution in [1.82, 2.24) is 10.0 Å². The molecule has 1 aliphatic heterocycles. The van der Waals surface area contributed by atoms with Gasteiger partial charge in [0.2, 0.25) is 10.0 Å². The molecular weight excluding hydrogens is 272 g/mol. The van der Waals surface area contributed by atoms with Crippen LogP contribution in [0.25, 0.3) is 0 Å². The van der Waals surface area contributed by atoms with Crippen LogP contribution in [0.2, 0.25) is 0 Å². The highest BCUT2D eigenvalue weighted by molar-refractivity contribution is 7.89. The monoisotopic (exact) mass is 296 g/mol. The fraction of sp³-hybridized carbons (Fsp3) is 0.600. The van der Waals surface area contributed by atoms with E-state index in [1.807, 2.05) is 44.2 Å². The number of sulfonamides is 1. The second-order valence-electron chi connectivity index (χ2n) is 5.70. The van der Waals surface area contributed by atoms with Crippen molar-refractivity contribution in [3.05, 3.63) is 35.9 Å². The molecule has 0 amide bonds. The molecule has 0 saturated carbocycles. The number of nitrogens with one attached hydrogen (secondary N) is 2. The van der Waals surface area contributed by atoms with Crippen LogP contribution in [0, 0.1) is 0 Å². The van der Waals surface area contributed by atoms with E-state index in [1.165, 1.54) is 0 Å². The molecule has 0 radical (unpaired) electrons. The minimum absolute atomic E-state index is 0.000515. The van der Waals surface area contributed by atoms with E-state index in [9.17, 15) is 8.42 Å². The first-order valence-electron chi connectivity index (χ1n) is 7.26. The molecule has 5 heteroatoms. The first kappa shape index (κ1) is 15.5. The zero-order valence-electron chi connectivity index (χ0n) is 12.2. The summed E-state index contributed by atoms with van der Waals surface area (Å²) in [6.45, 7) is 4.96. The van der Waals surface area contributed by atoms with Crippen LogP contribution in [0.1, 0.15) is 38.2 Å². The Balaban J connectivity index is 1.97. The van der Waals surface area contributed by atoms with Gasteiger partial charge in [-0.05, 0) is 37.8 Å². The van der Waals surface area contributed by atoms with E-state index in [4.69, 9.17) is 0 Å². The van der Waals surface area contributed by atoms with E-state index in [0.29, 0.717) is 0 Å². The van der Waals surface area contributed by atoms with Crippen molar-refractivity contribution in [3.8, 4) is 0 Å². The summed E-state index contributed by atoms with van der Waals surface area (Å²) in [4.78, 5) is 0. The quantitative estimate of drug-likeness (QED) is 0.872. The lowest BCUT2D eigenvalue weighted by atomic mass is 10.0. The van der Waals surface area contributed by atoms with Gasteiger partial charge in [0.05, 0.1) is 5.75 Å². The maximum absolute atomic E-state index is 12.3. The predicted octanol–water partition coefficient (Wildman–Crippen LogP) is 1.85. The molecule has 1 aliphatic rings. The standard InChI is InChI=1S/C15H24N2O2S/c1-12(14-7-4-3-5-8-14)11-20(18,19)17-15-9-6-10-16-13(15)2/h3-5,7-8,12-13,15-17H,6,9-11H2,1-2H3. The van der Waals surface area contributed by atoms with Gasteiger partial charge in [0.15, 0.2) is 0 Å². The van der Waals surface area contributed by atoms with Crippen LogP contribution < -0.4 is 10.0 Å². The molecule has 0 aromatic heterocycles. The van der Waals surface area contributed by atoms with Gasteiger partial charge < -0.3 is 5.32 Å². The van der Waals surface area contributed by atoms with Crippen molar-refractivity contribution in [2.45, 2.75) is 44.7 Å². The van der Waals surface area contributed by atoms with E-state index in [1.54, 1.807) is 0 Å². The second-order valence-corrected chi connectivity index (χ2v) is 7.50. The molecule has 0 aliphatic carbocycles. The number of hydrogen-bond donors (Lipinski definition) is 2. The van der Waals surface area contributed by atoms with Crippen LogP contribution in [-0.4, -0.2) is 32.8 Å². The van der Waals surface area contributed by atoms with Crippen molar-refractivity contribution in [3.63, 3.8) is 0 Å². The third-order valence-electron chi connectivity index (χ3n) is 3.93. The van der Waals surface area contributed by atoms with Crippen LogP contribution in [0.4, 0.5) is 0 Å². The van der Waals surface area contributed by atoms with Gasteiger partial charge in [0.1, 0.15) is 0 Å². The Kier molecular flexibility index (Phi) is 5.18. The molecule has 1 fully saturated rings. The van der Waals surface area contributed by atoms with Crippen LogP contribution >= 0.6 is 0 Å². The van der Waals surface area contributed by atoms with Crippen molar-refractivity contribution < 1.29 is 8.42 Å². The van der Waals surface area contributed by atoms with Crippen LogP contribution in [0.3, 0.4) is 0 Å². The molecule has 2 N–H and O–H groups in total. The summed E-state index contributed by atoms with van der Waals surface area (Å²) in [5, 5.41) is 3.31. The highest BCUT2D eigenvalue weighted by Gasteiger charge is 2.26. The van der Waals surface area contributed by atoms with Crippen molar-refractivity contribution in [2.75, 3.05) is 12.3 Å². The van der Waals surface area contributed by atoms with Crippen LogP contribution in [-0.2, 0) is 10.0 Å². The zero-order chi connectivity index (χ0) is 14.6. The largest absolute Gasteiger partial charge is 0.313 e. The van der Waals surface area contributed by atoms with Gasteiger partial charge in [-0.1, -0.05) is 37.3 Å². The van der Waals surface area contributed by atoms with Crippen molar-refractivity contribution in [2.24, 2.45) is 0 Å².